The molecule has 4 heteroatoms. The Labute approximate surface area is 90.2 Å². The number of fused-ring (bicyclic) bond motifs is 2. The van der Waals surface area contributed by atoms with E-state index in [1.165, 1.54) is 0 Å². The smallest absolute Gasteiger partial charge is 0.410 e. The number of hydrogen-bond donors (Lipinski definition) is 1. The predicted molar refractivity (Wildman–Crippen MR) is 55.5 cm³/mol. The van der Waals surface area contributed by atoms with Gasteiger partial charge in [-0.25, -0.2) is 4.79 Å². The summed E-state index contributed by atoms with van der Waals surface area (Å²) in [5, 5.41) is 9.69. The first-order chi connectivity index (χ1) is 6.87. The van der Waals surface area contributed by atoms with Crippen LogP contribution in [-0.4, -0.2) is 40.4 Å². The molecule has 1 heterocycles. The van der Waals surface area contributed by atoms with Crippen molar-refractivity contribution in [2.75, 3.05) is 6.54 Å². The molecule has 1 aliphatic heterocycles. The van der Waals surface area contributed by atoms with E-state index < -0.39 is 5.60 Å². The highest BCUT2D eigenvalue weighted by molar-refractivity contribution is 5.69. The van der Waals surface area contributed by atoms with E-state index in [-0.39, 0.29) is 18.2 Å². The molecule has 1 saturated carbocycles. The van der Waals surface area contributed by atoms with Crippen molar-refractivity contribution < 1.29 is 14.6 Å². The number of aliphatic hydroxyl groups is 1. The molecule has 1 aliphatic carbocycles. The first kappa shape index (κ1) is 10.7. The molecule has 0 aromatic carbocycles. The quantitative estimate of drug-likeness (QED) is 0.661. The molecular weight excluding hydrogens is 194 g/mol. The molecule has 0 aromatic heterocycles. The Hall–Kier alpha value is -0.770. The highest BCUT2D eigenvalue weighted by atomic mass is 16.6. The lowest BCUT2D eigenvalue weighted by atomic mass is 10.1. The molecule has 2 aliphatic rings. The number of ether oxygens (including phenoxy) is 1. The summed E-state index contributed by atoms with van der Waals surface area (Å²) in [6.07, 6.45) is 1.13. The van der Waals surface area contributed by atoms with Crippen LogP contribution in [0.5, 0.6) is 0 Å². The summed E-state index contributed by atoms with van der Waals surface area (Å²) < 4.78 is 5.30. The average Bonchev–Trinajstić information content (AvgIpc) is 2.58. The zero-order valence-corrected chi connectivity index (χ0v) is 9.56. The molecule has 86 valence electrons. The lowest BCUT2D eigenvalue weighted by Gasteiger charge is -2.32. The molecule has 0 aromatic rings. The van der Waals surface area contributed by atoms with Crippen molar-refractivity contribution in [1.29, 1.82) is 0 Å². The van der Waals surface area contributed by atoms with E-state index in [2.05, 4.69) is 0 Å². The number of likely N-dealkylation sites (tertiary alicyclic amines) is 1. The number of carbonyl (C=O) groups is 1. The van der Waals surface area contributed by atoms with E-state index in [4.69, 9.17) is 4.74 Å². The number of rotatable bonds is 0. The Bertz CT molecular complexity index is 271. The zero-order valence-electron chi connectivity index (χ0n) is 9.56. The minimum atomic E-state index is -0.454. The average molecular weight is 213 g/mol. The van der Waals surface area contributed by atoms with Crippen LogP contribution in [0.15, 0.2) is 0 Å². The van der Waals surface area contributed by atoms with Crippen molar-refractivity contribution in [3.8, 4) is 0 Å². The second kappa shape index (κ2) is 3.37. The van der Waals surface area contributed by atoms with Crippen molar-refractivity contribution in [2.45, 2.75) is 51.4 Å². The summed E-state index contributed by atoms with van der Waals surface area (Å²) in [4.78, 5) is 13.5. The summed E-state index contributed by atoms with van der Waals surface area (Å²) >= 11 is 0. The minimum Gasteiger partial charge on any atom is -0.444 e. The molecule has 4 nitrogen and oxygen atoms in total. The van der Waals surface area contributed by atoms with E-state index in [1.807, 2.05) is 20.8 Å². The molecule has 2 fully saturated rings. The van der Waals surface area contributed by atoms with Gasteiger partial charge in [-0.05, 0) is 39.5 Å². The van der Waals surface area contributed by atoms with Gasteiger partial charge in [-0.3, -0.25) is 0 Å². The predicted octanol–water partition coefficient (Wildman–Crippen LogP) is 1.38. The topological polar surface area (TPSA) is 49.8 Å². The standard InChI is InChI=1S/C11H19NO3/c1-11(2,3)15-10(14)12-6-7-4-8(12)9(13)5-7/h7-9,13H,4-6H2,1-3H3/t7?,8-,9?/m0/s1. The lowest BCUT2D eigenvalue weighted by molar-refractivity contribution is -0.00176. The molecule has 3 atom stereocenters. The van der Waals surface area contributed by atoms with Crippen molar-refractivity contribution in [2.24, 2.45) is 5.92 Å². The molecule has 0 radical (unpaired) electrons. The van der Waals surface area contributed by atoms with Crippen LogP contribution in [0.2, 0.25) is 0 Å². The van der Waals surface area contributed by atoms with E-state index in [0.29, 0.717) is 5.92 Å². The van der Waals surface area contributed by atoms with Gasteiger partial charge in [0.2, 0.25) is 0 Å². The van der Waals surface area contributed by atoms with Crippen LogP contribution in [-0.2, 0) is 4.74 Å². The Morgan fingerprint density at radius 3 is 2.53 bits per heavy atom. The van der Waals surface area contributed by atoms with Gasteiger partial charge in [0.05, 0.1) is 12.1 Å². The van der Waals surface area contributed by atoms with Crippen LogP contribution in [0, 0.1) is 5.92 Å². The van der Waals surface area contributed by atoms with Crippen LogP contribution >= 0.6 is 0 Å². The minimum absolute atomic E-state index is 0.00940. The Morgan fingerprint density at radius 1 is 1.40 bits per heavy atom. The van der Waals surface area contributed by atoms with E-state index in [1.54, 1.807) is 4.90 Å². The Kier molecular flexibility index (Phi) is 2.41. The molecule has 2 rings (SSSR count). The maximum atomic E-state index is 11.8. The highest BCUT2D eigenvalue weighted by Crippen LogP contribution is 2.38. The Balaban J connectivity index is 1.98. The second-order valence-corrected chi connectivity index (χ2v) is 5.60. The number of hydrogen-bond acceptors (Lipinski definition) is 3. The van der Waals surface area contributed by atoms with Gasteiger partial charge in [0.15, 0.2) is 0 Å². The van der Waals surface area contributed by atoms with Crippen LogP contribution in [0.1, 0.15) is 33.6 Å². The van der Waals surface area contributed by atoms with Gasteiger partial charge in [-0.2, -0.15) is 0 Å². The highest BCUT2D eigenvalue weighted by Gasteiger charge is 2.47. The molecule has 1 amide bonds. The van der Waals surface area contributed by atoms with Gasteiger partial charge in [-0.15, -0.1) is 0 Å². The van der Waals surface area contributed by atoms with Crippen molar-refractivity contribution in [3.05, 3.63) is 0 Å². The van der Waals surface area contributed by atoms with Crippen molar-refractivity contribution in [1.82, 2.24) is 4.90 Å². The van der Waals surface area contributed by atoms with Crippen LogP contribution in [0.4, 0.5) is 4.79 Å². The Morgan fingerprint density at radius 2 is 2.07 bits per heavy atom. The molecule has 0 spiro atoms. The van der Waals surface area contributed by atoms with Crippen LogP contribution in [0.25, 0.3) is 0 Å². The first-order valence-corrected chi connectivity index (χ1v) is 5.54. The summed E-state index contributed by atoms with van der Waals surface area (Å²) in [5.41, 5.74) is -0.454. The maximum absolute atomic E-state index is 11.8. The fourth-order valence-electron chi connectivity index (χ4n) is 2.52. The fourth-order valence-corrected chi connectivity index (χ4v) is 2.52. The summed E-state index contributed by atoms with van der Waals surface area (Å²) in [5.74, 6) is 0.470. The van der Waals surface area contributed by atoms with Crippen LogP contribution in [0.3, 0.4) is 0 Å². The zero-order chi connectivity index (χ0) is 11.2. The second-order valence-electron chi connectivity index (χ2n) is 5.60. The number of carbonyl (C=O) groups excluding carboxylic acids is 1. The molecule has 15 heavy (non-hydrogen) atoms. The lowest BCUT2D eigenvalue weighted by Crippen LogP contribution is -2.46. The van der Waals surface area contributed by atoms with E-state index >= 15 is 0 Å². The van der Waals surface area contributed by atoms with Crippen molar-refractivity contribution in [3.63, 3.8) is 0 Å². The number of amides is 1. The van der Waals surface area contributed by atoms with Gasteiger partial charge >= 0.3 is 6.09 Å². The molecule has 2 bridgehead atoms. The fraction of sp³-hybridized carbons (Fsp3) is 0.909. The van der Waals surface area contributed by atoms with Gasteiger partial charge in [0.25, 0.3) is 0 Å². The third-order valence-electron chi connectivity index (χ3n) is 3.08. The normalized spacial score (nSPS) is 34.7. The summed E-state index contributed by atoms with van der Waals surface area (Å²) in [6.45, 7) is 6.32. The van der Waals surface area contributed by atoms with Crippen LogP contribution < -0.4 is 0 Å². The summed E-state index contributed by atoms with van der Waals surface area (Å²) in [7, 11) is 0. The van der Waals surface area contributed by atoms with E-state index in [0.717, 1.165) is 19.4 Å². The van der Waals surface area contributed by atoms with Gasteiger partial charge in [0.1, 0.15) is 5.60 Å². The molecule has 1 N–H and O–H groups in total. The SMILES string of the molecule is CC(C)(C)OC(=O)N1CC2CC(O)[C@@H]1C2. The van der Waals surface area contributed by atoms with Gasteiger partial charge in [0, 0.05) is 6.54 Å². The maximum Gasteiger partial charge on any atom is 0.410 e. The van der Waals surface area contributed by atoms with E-state index in [9.17, 15) is 9.90 Å². The number of nitrogens with zero attached hydrogens (tertiary/aromatic N) is 1. The van der Waals surface area contributed by atoms with Gasteiger partial charge < -0.3 is 14.7 Å². The monoisotopic (exact) mass is 213 g/mol. The van der Waals surface area contributed by atoms with Crippen molar-refractivity contribution >= 4 is 6.09 Å². The number of piperidine rings is 1. The molecule has 1 saturated heterocycles. The molecular formula is C11H19NO3. The third kappa shape index (κ3) is 2.09. The number of aliphatic hydroxyl groups excluding tert-OH is 1. The molecule has 2 unspecified atom stereocenters. The summed E-state index contributed by atoms with van der Waals surface area (Å²) in [6, 6.07) is -0.00940. The first-order valence-electron chi connectivity index (χ1n) is 5.54. The third-order valence-corrected chi connectivity index (χ3v) is 3.08. The van der Waals surface area contributed by atoms with Gasteiger partial charge in [-0.1, -0.05) is 0 Å². The largest absolute Gasteiger partial charge is 0.444 e.